The van der Waals surface area contributed by atoms with Gasteiger partial charge in [0, 0.05) is 41.9 Å². The van der Waals surface area contributed by atoms with Crippen molar-refractivity contribution in [3.8, 4) is 5.75 Å². The molecule has 0 aliphatic rings. The zero-order valence-corrected chi connectivity index (χ0v) is 19.0. The lowest BCUT2D eigenvalue weighted by Crippen LogP contribution is -2.15. The average molecular weight is 432 g/mol. The van der Waals surface area contributed by atoms with Crippen LogP contribution in [0.1, 0.15) is 36.5 Å². The lowest BCUT2D eigenvalue weighted by Gasteiger charge is -2.10. The monoisotopic (exact) mass is 431 g/mol. The molecule has 1 amide bonds. The van der Waals surface area contributed by atoms with Crippen LogP contribution in [0.2, 0.25) is 0 Å². The van der Waals surface area contributed by atoms with Crippen LogP contribution in [-0.4, -0.2) is 25.1 Å². The van der Waals surface area contributed by atoms with Crippen molar-refractivity contribution >= 4 is 17.2 Å². The van der Waals surface area contributed by atoms with Crippen LogP contribution in [0.25, 0.3) is 5.65 Å². The number of nitrogens with one attached hydrogen (secondary N) is 1. The number of hydrogen-bond donors (Lipinski definition) is 1. The van der Waals surface area contributed by atoms with Crippen LogP contribution in [0.5, 0.6) is 5.75 Å². The third kappa shape index (κ3) is 4.99. The predicted molar refractivity (Wildman–Crippen MR) is 125 cm³/mol. The van der Waals surface area contributed by atoms with E-state index in [1.807, 2.05) is 77.8 Å². The van der Waals surface area contributed by atoms with Gasteiger partial charge in [0.2, 0.25) is 5.91 Å². The maximum atomic E-state index is 12.7. The Morgan fingerprint density at radius 1 is 1.16 bits per heavy atom. The molecular weight excluding hydrogens is 402 g/mol. The van der Waals surface area contributed by atoms with Crippen molar-refractivity contribution in [2.24, 2.45) is 5.92 Å². The summed E-state index contributed by atoms with van der Waals surface area (Å²) in [5.41, 5.74) is 5.37. The van der Waals surface area contributed by atoms with Gasteiger partial charge in [0.05, 0.1) is 17.8 Å². The molecule has 0 bridgehead atoms. The number of amides is 1. The van der Waals surface area contributed by atoms with E-state index in [0.717, 1.165) is 34.8 Å². The van der Waals surface area contributed by atoms with E-state index < -0.39 is 0 Å². The summed E-state index contributed by atoms with van der Waals surface area (Å²) < 4.78 is 9.86. The van der Waals surface area contributed by atoms with Crippen molar-refractivity contribution in [2.45, 2.75) is 47.3 Å². The van der Waals surface area contributed by atoms with Crippen LogP contribution in [0, 0.1) is 19.8 Å². The van der Waals surface area contributed by atoms with Gasteiger partial charge in [0.1, 0.15) is 18.0 Å². The van der Waals surface area contributed by atoms with Crippen LogP contribution >= 0.6 is 0 Å². The number of carbonyl (C=O) groups is 1. The highest BCUT2D eigenvalue weighted by Crippen LogP contribution is 2.20. The highest BCUT2D eigenvalue weighted by atomic mass is 16.5. The first-order valence-electron chi connectivity index (χ1n) is 10.9. The number of ether oxygens (including phenoxy) is 1. The molecule has 166 valence electrons. The van der Waals surface area contributed by atoms with Gasteiger partial charge in [-0.15, -0.1) is 0 Å². The molecule has 1 N–H and O–H groups in total. The summed E-state index contributed by atoms with van der Waals surface area (Å²) in [6.45, 7) is 9.51. The molecule has 0 radical (unpaired) electrons. The van der Waals surface area contributed by atoms with Crippen LogP contribution < -0.4 is 10.1 Å². The van der Waals surface area contributed by atoms with Crippen LogP contribution in [0.15, 0.2) is 54.9 Å². The van der Waals surface area contributed by atoms with Crippen molar-refractivity contribution < 1.29 is 9.53 Å². The second-order valence-electron chi connectivity index (χ2n) is 8.47. The molecule has 0 spiro atoms. The molecule has 0 saturated heterocycles. The number of pyridine rings is 1. The largest absolute Gasteiger partial charge is 0.487 e. The number of nitrogens with zero attached hydrogens (tertiary/aromatic N) is 4. The lowest BCUT2D eigenvalue weighted by atomic mass is 10.1. The number of aromatic nitrogens is 4. The third-order valence-corrected chi connectivity index (χ3v) is 5.33. The maximum Gasteiger partial charge on any atom is 0.228 e. The minimum Gasteiger partial charge on any atom is -0.487 e. The molecule has 7 nitrogen and oxygen atoms in total. The first-order chi connectivity index (χ1) is 15.4. The highest BCUT2D eigenvalue weighted by Gasteiger charge is 2.16. The van der Waals surface area contributed by atoms with E-state index in [2.05, 4.69) is 29.2 Å². The molecule has 0 unspecified atom stereocenters. The fraction of sp³-hybridized carbons (Fsp3) is 0.320. The number of imidazole rings is 1. The normalized spacial score (nSPS) is 11.3. The summed E-state index contributed by atoms with van der Waals surface area (Å²) in [4.78, 5) is 17.2. The molecule has 0 fully saturated rings. The Hall–Kier alpha value is -3.61. The average Bonchev–Trinajstić information content (AvgIpc) is 3.28. The number of carbonyl (C=O) groups excluding carboxylic acids is 1. The Labute approximate surface area is 188 Å². The second-order valence-corrected chi connectivity index (χ2v) is 8.47. The van der Waals surface area contributed by atoms with Gasteiger partial charge in [-0.25, -0.2) is 4.98 Å². The smallest absolute Gasteiger partial charge is 0.228 e. The Morgan fingerprint density at radius 2 is 2.00 bits per heavy atom. The molecule has 0 aliphatic heterocycles. The van der Waals surface area contributed by atoms with Crippen molar-refractivity contribution in [3.63, 3.8) is 0 Å². The Balaban J connectivity index is 1.38. The van der Waals surface area contributed by atoms with E-state index in [1.54, 1.807) is 0 Å². The molecule has 0 saturated carbocycles. The Morgan fingerprint density at radius 3 is 2.78 bits per heavy atom. The van der Waals surface area contributed by atoms with Gasteiger partial charge in [-0.1, -0.05) is 26.0 Å². The lowest BCUT2D eigenvalue weighted by molar-refractivity contribution is -0.115. The molecule has 3 aromatic heterocycles. The fourth-order valence-electron chi connectivity index (χ4n) is 3.76. The van der Waals surface area contributed by atoms with Crippen molar-refractivity contribution in [1.29, 1.82) is 0 Å². The standard InChI is InChI=1S/C25H29N5O2/c1-17(2)14-30-19(4)23(18(3)28-30)13-25(31)27-20-8-7-9-22(12-20)32-16-21-15-29-11-6-5-10-24(29)26-21/h5-12,15,17H,13-14,16H2,1-4H3,(H,27,31). The Bertz CT molecular complexity index is 1210. The van der Waals surface area contributed by atoms with Crippen molar-refractivity contribution in [2.75, 3.05) is 5.32 Å². The summed E-state index contributed by atoms with van der Waals surface area (Å²) in [7, 11) is 0. The van der Waals surface area contributed by atoms with E-state index in [9.17, 15) is 4.79 Å². The summed E-state index contributed by atoms with van der Waals surface area (Å²) in [6, 6.07) is 13.3. The summed E-state index contributed by atoms with van der Waals surface area (Å²) >= 11 is 0. The van der Waals surface area contributed by atoms with E-state index in [0.29, 0.717) is 30.4 Å². The maximum absolute atomic E-state index is 12.7. The van der Waals surface area contributed by atoms with Gasteiger partial charge in [0.25, 0.3) is 0 Å². The summed E-state index contributed by atoms with van der Waals surface area (Å²) in [5, 5.41) is 7.58. The molecule has 1 aromatic carbocycles. The number of anilines is 1. The van der Waals surface area contributed by atoms with Gasteiger partial charge in [-0.2, -0.15) is 5.10 Å². The molecule has 32 heavy (non-hydrogen) atoms. The summed E-state index contributed by atoms with van der Waals surface area (Å²) in [6.07, 6.45) is 4.20. The van der Waals surface area contributed by atoms with Crippen molar-refractivity contribution in [3.05, 3.63) is 77.5 Å². The zero-order valence-electron chi connectivity index (χ0n) is 19.0. The number of hydrogen-bond acceptors (Lipinski definition) is 4. The molecule has 0 atom stereocenters. The third-order valence-electron chi connectivity index (χ3n) is 5.33. The fourth-order valence-corrected chi connectivity index (χ4v) is 3.76. The predicted octanol–water partition coefficient (Wildman–Crippen LogP) is 4.56. The highest BCUT2D eigenvalue weighted by molar-refractivity contribution is 5.92. The quantitative estimate of drug-likeness (QED) is 0.444. The number of benzene rings is 1. The van der Waals surface area contributed by atoms with Crippen LogP contribution in [-0.2, 0) is 24.4 Å². The minimum absolute atomic E-state index is 0.0715. The molecule has 0 aliphatic carbocycles. The van der Waals surface area contributed by atoms with Crippen LogP contribution in [0.3, 0.4) is 0 Å². The zero-order chi connectivity index (χ0) is 22.7. The van der Waals surface area contributed by atoms with E-state index >= 15 is 0 Å². The molecule has 3 heterocycles. The number of rotatable bonds is 8. The molecule has 4 rings (SSSR count). The SMILES string of the molecule is Cc1nn(CC(C)C)c(C)c1CC(=O)Nc1cccc(OCc2cn3ccccc3n2)c1. The number of aryl methyl sites for hydroxylation is 1. The van der Waals surface area contributed by atoms with E-state index in [4.69, 9.17) is 4.74 Å². The van der Waals surface area contributed by atoms with Gasteiger partial charge in [-0.3, -0.25) is 9.48 Å². The van der Waals surface area contributed by atoms with Gasteiger partial charge in [-0.05, 0) is 44.0 Å². The minimum atomic E-state index is -0.0715. The topological polar surface area (TPSA) is 73.5 Å². The van der Waals surface area contributed by atoms with E-state index in [-0.39, 0.29) is 5.91 Å². The number of fused-ring (bicyclic) bond motifs is 1. The van der Waals surface area contributed by atoms with Gasteiger partial charge >= 0.3 is 0 Å². The van der Waals surface area contributed by atoms with Crippen molar-refractivity contribution in [1.82, 2.24) is 19.2 Å². The van der Waals surface area contributed by atoms with Crippen LogP contribution in [0.4, 0.5) is 5.69 Å². The first-order valence-corrected chi connectivity index (χ1v) is 10.9. The van der Waals surface area contributed by atoms with Gasteiger partial charge in [0.15, 0.2) is 0 Å². The van der Waals surface area contributed by atoms with Gasteiger partial charge < -0.3 is 14.5 Å². The first kappa shape index (κ1) is 21.6. The molecular formula is C25H29N5O2. The second kappa shape index (κ2) is 9.26. The Kier molecular flexibility index (Phi) is 6.25. The summed E-state index contributed by atoms with van der Waals surface area (Å²) in [5.74, 6) is 1.10. The molecule has 7 heteroatoms. The molecule has 4 aromatic rings. The van der Waals surface area contributed by atoms with E-state index in [1.165, 1.54) is 0 Å².